The van der Waals surface area contributed by atoms with Gasteiger partial charge in [0.25, 0.3) is 0 Å². The molecule has 0 spiro atoms. The van der Waals surface area contributed by atoms with E-state index >= 15 is 0 Å². The fourth-order valence-electron chi connectivity index (χ4n) is 2.12. The molecule has 0 bridgehead atoms. The first-order valence-electron chi connectivity index (χ1n) is 6.08. The number of carbonyl (C=O) groups excluding carboxylic acids is 1. The van der Waals surface area contributed by atoms with Crippen molar-refractivity contribution in [1.29, 1.82) is 0 Å². The van der Waals surface area contributed by atoms with Crippen molar-refractivity contribution in [3.05, 3.63) is 0 Å². The molecule has 2 amide bonds. The number of hydrogen-bond donors (Lipinski definition) is 2. The number of urea groups is 1. The van der Waals surface area contributed by atoms with E-state index in [-0.39, 0.29) is 30.8 Å². The number of carbonyl (C=O) groups is 1. The predicted molar refractivity (Wildman–Crippen MR) is 60.7 cm³/mol. The molecule has 98 valence electrons. The Balaban J connectivity index is 1.87. The molecule has 2 aliphatic rings. The van der Waals surface area contributed by atoms with E-state index in [9.17, 15) is 4.79 Å². The van der Waals surface area contributed by atoms with Crippen LogP contribution in [0.4, 0.5) is 4.79 Å². The average molecular weight is 244 g/mol. The van der Waals surface area contributed by atoms with Crippen LogP contribution in [0.25, 0.3) is 0 Å². The maximum absolute atomic E-state index is 12.0. The zero-order chi connectivity index (χ0) is 12.3. The van der Waals surface area contributed by atoms with Crippen molar-refractivity contribution in [3.63, 3.8) is 0 Å². The van der Waals surface area contributed by atoms with Gasteiger partial charge in [0.1, 0.15) is 0 Å². The van der Waals surface area contributed by atoms with Crippen LogP contribution in [-0.2, 0) is 9.47 Å². The third-order valence-corrected chi connectivity index (χ3v) is 3.23. The van der Waals surface area contributed by atoms with Gasteiger partial charge in [-0.1, -0.05) is 0 Å². The van der Waals surface area contributed by atoms with Crippen LogP contribution in [-0.4, -0.2) is 67.2 Å². The third-order valence-electron chi connectivity index (χ3n) is 3.23. The van der Waals surface area contributed by atoms with Gasteiger partial charge in [0.2, 0.25) is 0 Å². The fraction of sp³-hybridized carbons (Fsp3) is 0.909. The highest BCUT2D eigenvalue weighted by Crippen LogP contribution is 2.12. The number of hydrogen-bond acceptors (Lipinski definition) is 4. The minimum atomic E-state index is -0.267. The quantitative estimate of drug-likeness (QED) is 0.691. The number of rotatable bonds is 2. The number of aliphatic hydroxyl groups is 1. The fourth-order valence-corrected chi connectivity index (χ4v) is 2.12. The summed E-state index contributed by atoms with van der Waals surface area (Å²) in [5.74, 6) is 0. The molecular weight excluding hydrogens is 224 g/mol. The predicted octanol–water partition coefficient (Wildman–Crippen LogP) is -0.433. The lowest BCUT2D eigenvalue weighted by atomic mass is 10.2. The summed E-state index contributed by atoms with van der Waals surface area (Å²) in [6.07, 6.45) is 0.602. The first-order valence-corrected chi connectivity index (χ1v) is 6.08. The lowest BCUT2D eigenvalue weighted by molar-refractivity contribution is -0.0630. The molecular formula is C11H20N2O4. The van der Waals surface area contributed by atoms with Crippen LogP contribution in [0.3, 0.4) is 0 Å². The van der Waals surface area contributed by atoms with Crippen LogP contribution in [0.2, 0.25) is 0 Å². The minimum absolute atomic E-state index is 0.0418. The van der Waals surface area contributed by atoms with Crippen molar-refractivity contribution in [2.24, 2.45) is 0 Å². The van der Waals surface area contributed by atoms with Gasteiger partial charge in [0.15, 0.2) is 0 Å². The number of aliphatic hydroxyl groups excluding tert-OH is 1. The van der Waals surface area contributed by atoms with Crippen LogP contribution < -0.4 is 5.32 Å². The van der Waals surface area contributed by atoms with Crippen molar-refractivity contribution < 1.29 is 19.4 Å². The summed E-state index contributed by atoms with van der Waals surface area (Å²) in [6.45, 7) is 4.11. The van der Waals surface area contributed by atoms with Crippen LogP contribution in [0, 0.1) is 0 Å². The van der Waals surface area contributed by atoms with Gasteiger partial charge in [-0.15, -0.1) is 0 Å². The Kier molecular flexibility index (Phi) is 4.20. The zero-order valence-corrected chi connectivity index (χ0v) is 10.1. The Bertz CT molecular complexity index is 268. The van der Waals surface area contributed by atoms with E-state index < -0.39 is 0 Å². The second-order valence-electron chi connectivity index (χ2n) is 4.65. The second kappa shape index (κ2) is 5.66. The maximum atomic E-state index is 12.0. The number of nitrogens with one attached hydrogen (secondary N) is 1. The number of nitrogens with zero attached hydrogens (tertiary/aromatic N) is 1. The topological polar surface area (TPSA) is 71.0 Å². The molecule has 2 fully saturated rings. The summed E-state index contributed by atoms with van der Waals surface area (Å²) < 4.78 is 10.6. The van der Waals surface area contributed by atoms with Gasteiger partial charge < -0.3 is 24.8 Å². The minimum Gasteiger partial charge on any atom is -0.394 e. The van der Waals surface area contributed by atoms with Gasteiger partial charge >= 0.3 is 6.03 Å². The molecule has 2 aliphatic heterocycles. The molecule has 2 saturated heterocycles. The Hall–Kier alpha value is -0.850. The van der Waals surface area contributed by atoms with E-state index in [2.05, 4.69) is 5.32 Å². The molecule has 2 heterocycles. The standard InChI is InChI=1S/C11H20N2O4/c1-8-6-17-10(5-14)4-13(8)11(15)12-9-2-3-16-7-9/h8-10,14H,2-7H2,1H3,(H,12,15). The van der Waals surface area contributed by atoms with Gasteiger partial charge in [-0.3, -0.25) is 0 Å². The molecule has 2 rings (SSSR count). The second-order valence-corrected chi connectivity index (χ2v) is 4.65. The van der Waals surface area contributed by atoms with E-state index in [1.165, 1.54) is 0 Å². The number of morpholine rings is 1. The summed E-state index contributed by atoms with van der Waals surface area (Å²) in [5.41, 5.74) is 0. The molecule has 0 aromatic carbocycles. The number of ether oxygens (including phenoxy) is 2. The van der Waals surface area contributed by atoms with Crippen molar-refractivity contribution >= 4 is 6.03 Å². The third kappa shape index (κ3) is 3.08. The molecule has 6 heteroatoms. The summed E-state index contributed by atoms with van der Waals surface area (Å²) >= 11 is 0. The smallest absolute Gasteiger partial charge is 0.318 e. The lowest BCUT2D eigenvalue weighted by Gasteiger charge is -2.37. The molecule has 2 N–H and O–H groups in total. The Morgan fingerprint density at radius 3 is 3.00 bits per heavy atom. The zero-order valence-electron chi connectivity index (χ0n) is 10.1. The highest BCUT2D eigenvalue weighted by atomic mass is 16.5. The first-order chi connectivity index (χ1) is 8.20. The highest BCUT2D eigenvalue weighted by molar-refractivity contribution is 5.75. The van der Waals surface area contributed by atoms with Crippen LogP contribution >= 0.6 is 0 Å². The van der Waals surface area contributed by atoms with Gasteiger partial charge in [-0.2, -0.15) is 0 Å². The Labute approximate surface area is 101 Å². The Morgan fingerprint density at radius 2 is 2.35 bits per heavy atom. The normalized spacial score (nSPS) is 33.8. The molecule has 0 aliphatic carbocycles. The van der Waals surface area contributed by atoms with Crippen molar-refractivity contribution in [3.8, 4) is 0 Å². The molecule has 3 unspecified atom stereocenters. The molecule has 17 heavy (non-hydrogen) atoms. The largest absolute Gasteiger partial charge is 0.394 e. The van der Waals surface area contributed by atoms with Crippen molar-refractivity contribution in [2.45, 2.75) is 31.5 Å². The first kappa shape index (κ1) is 12.6. The van der Waals surface area contributed by atoms with E-state index in [1.807, 2.05) is 6.92 Å². The molecule has 0 radical (unpaired) electrons. The molecule has 3 atom stereocenters. The summed E-state index contributed by atoms with van der Waals surface area (Å²) in [5, 5.41) is 12.0. The maximum Gasteiger partial charge on any atom is 0.318 e. The summed E-state index contributed by atoms with van der Waals surface area (Å²) in [7, 11) is 0. The van der Waals surface area contributed by atoms with E-state index in [0.717, 1.165) is 6.42 Å². The van der Waals surface area contributed by atoms with Crippen LogP contribution in [0.5, 0.6) is 0 Å². The molecule has 0 aromatic heterocycles. The SMILES string of the molecule is CC1COC(CO)CN1C(=O)NC1CCOC1. The Morgan fingerprint density at radius 1 is 1.53 bits per heavy atom. The van der Waals surface area contributed by atoms with Gasteiger partial charge in [0, 0.05) is 6.61 Å². The lowest BCUT2D eigenvalue weighted by Crippen LogP contribution is -2.56. The summed E-state index contributed by atoms with van der Waals surface area (Å²) in [4.78, 5) is 13.8. The molecule has 0 saturated carbocycles. The van der Waals surface area contributed by atoms with Crippen LogP contribution in [0.15, 0.2) is 0 Å². The van der Waals surface area contributed by atoms with E-state index in [1.54, 1.807) is 4.90 Å². The van der Waals surface area contributed by atoms with Gasteiger partial charge in [0.05, 0.1) is 44.6 Å². The van der Waals surface area contributed by atoms with E-state index in [0.29, 0.717) is 26.4 Å². The molecule has 6 nitrogen and oxygen atoms in total. The van der Waals surface area contributed by atoms with Crippen LogP contribution in [0.1, 0.15) is 13.3 Å². The average Bonchev–Trinajstić information content (AvgIpc) is 2.82. The van der Waals surface area contributed by atoms with E-state index in [4.69, 9.17) is 14.6 Å². The molecule has 0 aromatic rings. The summed E-state index contributed by atoms with van der Waals surface area (Å²) in [6, 6.07) is 0.0694. The van der Waals surface area contributed by atoms with Crippen molar-refractivity contribution in [1.82, 2.24) is 10.2 Å². The monoisotopic (exact) mass is 244 g/mol. The number of amides is 2. The van der Waals surface area contributed by atoms with Crippen molar-refractivity contribution in [2.75, 3.05) is 33.0 Å². The van der Waals surface area contributed by atoms with Gasteiger partial charge in [-0.05, 0) is 13.3 Å². The van der Waals surface area contributed by atoms with Gasteiger partial charge in [-0.25, -0.2) is 4.79 Å². The highest BCUT2D eigenvalue weighted by Gasteiger charge is 2.30.